The van der Waals surface area contributed by atoms with E-state index >= 15 is 0 Å². The Morgan fingerprint density at radius 2 is 1.95 bits per heavy atom. The van der Waals surface area contributed by atoms with Crippen molar-refractivity contribution in [3.05, 3.63) is 52.5 Å². The van der Waals surface area contributed by atoms with Crippen molar-refractivity contribution in [3.63, 3.8) is 0 Å². The second kappa shape index (κ2) is 5.54. The van der Waals surface area contributed by atoms with E-state index < -0.39 is 0 Å². The van der Waals surface area contributed by atoms with Gasteiger partial charge < -0.3 is 5.32 Å². The number of benzene rings is 1. The van der Waals surface area contributed by atoms with Crippen molar-refractivity contribution in [2.24, 2.45) is 0 Å². The molecule has 1 N–H and O–H groups in total. The molecule has 2 nitrogen and oxygen atoms in total. The van der Waals surface area contributed by atoms with E-state index in [1.54, 1.807) is 0 Å². The van der Waals surface area contributed by atoms with Crippen molar-refractivity contribution in [1.82, 2.24) is 10.3 Å². The van der Waals surface area contributed by atoms with Gasteiger partial charge >= 0.3 is 0 Å². The summed E-state index contributed by atoms with van der Waals surface area (Å²) in [6, 6.07) is 11.8. The topological polar surface area (TPSA) is 24.9 Å². The summed E-state index contributed by atoms with van der Waals surface area (Å²) in [6.45, 7) is 0. The largest absolute Gasteiger partial charge is 0.302 e. The normalized spacial score (nSPS) is 29.4. The van der Waals surface area contributed by atoms with Gasteiger partial charge in [0.2, 0.25) is 0 Å². The molecule has 1 aromatic heterocycles. The number of nitrogens with one attached hydrogen (secondary N) is 1. The Kier molecular flexibility index (Phi) is 3.56. The third kappa shape index (κ3) is 2.53. The lowest BCUT2D eigenvalue weighted by molar-refractivity contribution is 0.191. The van der Waals surface area contributed by atoms with Crippen molar-refractivity contribution in [2.45, 2.75) is 56.0 Å². The van der Waals surface area contributed by atoms with Crippen molar-refractivity contribution in [2.75, 3.05) is 0 Å². The molecule has 2 saturated carbocycles. The summed E-state index contributed by atoms with van der Waals surface area (Å²) in [6.07, 6.45) is 9.75. The van der Waals surface area contributed by atoms with Crippen LogP contribution < -0.4 is 5.32 Å². The maximum absolute atomic E-state index is 4.72. The maximum Gasteiger partial charge on any atom is 0.113 e. The van der Waals surface area contributed by atoms with E-state index in [-0.39, 0.29) is 5.54 Å². The number of hydrogen-bond donors (Lipinski definition) is 1. The monoisotopic (exact) mass is 298 g/mol. The summed E-state index contributed by atoms with van der Waals surface area (Å²) >= 11 is 1.82. The van der Waals surface area contributed by atoms with Crippen LogP contribution in [0.4, 0.5) is 0 Å². The molecule has 4 rings (SSSR count). The molecule has 0 spiro atoms. The van der Waals surface area contributed by atoms with Crippen LogP contribution in [0.15, 0.2) is 41.9 Å². The molecular formula is C18H22N2S. The Hall–Kier alpha value is -1.19. The fourth-order valence-electron chi connectivity index (χ4n) is 3.84. The Labute approximate surface area is 130 Å². The van der Waals surface area contributed by atoms with E-state index in [0.29, 0.717) is 12.0 Å². The predicted octanol–water partition coefficient (Wildman–Crippen LogP) is 4.45. The minimum atomic E-state index is 0.0644. The Morgan fingerprint density at radius 1 is 1.10 bits per heavy atom. The number of thiazole rings is 1. The molecule has 0 bridgehead atoms. The van der Waals surface area contributed by atoms with Gasteiger partial charge in [0.05, 0.1) is 5.54 Å². The first-order valence-electron chi connectivity index (χ1n) is 8.11. The van der Waals surface area contributed by atoms with E-state index in [0.717, 1.165) is 0 Å². The smallest absolute Gasteiger partial charge is 0.113 e. The van der Waals surface area contributed by atoms with Crippen molar-refractivity contribution >= 4 is 11.3 Å². The van der Waals surface area contributed by atoms with E-state index in [2.05, 4.69) is 41.0 Å². The molecule has 110 valence electrons. The van der Waals surface area contributed by atoms with Gasteiger partial charge in [-0.1, -0.05) is 43.2 Å². The second-order valence-corrected chi connectivity index (χ2v) is 7.33. The zero-order valence-electron chi connectivity index (χ0n) is 12.3. The highest BCUT2D eigenvalue weighted by molar-refractivity contribution is 7.09. The van der Waals surface area contributed by atoms with Crippen LogP contribution in [0, 0.1) is 0 Å². The summed E-state index contributed by atoms with van der Waals surface area (Å²) in [5.41, 5.74) is 1.54. The van der Waals surface area contributed by atoms with Crippen molar-refractivity contribution < 1.29 is 0 Å². The van der Waals surface area contributed by atoms with Crippen LogP contribution in [-0.4, -0.2) is 11.0 Å². The van der Waals surface area contributed by atoms with Gasteiger partial charge in [0.15, 0.2) is 0 Å². The average molecular weight is 298 g/mol. The Morgan fingerprint density at radius 3 is 2.67 bits per heavy atom. The van der Waals surface area contributed by atoms with Crippen LogP contribution in [-0.2, 0) is 5.54 Å². The molecule has 2 aromatic rings. The van der Waals surface area contributed by atoms with Gasteiger partial charge in [-0.25, -0.2) is 4.98 Å². The van der Waals surface area contributed by atoms with Gasteiger partial charge in [0, 0.05) is 23.5 Å². The first-order valence-corrected chi connectivity index (χ1v) is 8.99. The SMILES string of the molecule is c1ccc(C2CCCCC2(NC2CC2)c2nccs2)cc1. The maximum atomic E-state index is 4.72. The zero-order valence-corrected chi connectivity index (χ0v) is 13.1. The highest BCUT2D eigenvalue weighted by atomic mass is 32.1. The van der Waals surface area contributed by atoms with E-state index in [1.807, 2.05) is 17.5 Å². The molecule has 1 aromatic carbocycles. The third-order valence-corrected chi connectivity index (χ3v) is 5.91. The number of hydrogen-bond acceptors (Lipinski definition) is 3. The Balaban J connectivity index is 1.77. The molecule has 2 unspecified atom stereocenters. The fraction of sp³-hybridized carbons (Fsp3) is 0.500. The average Bonchev–Trinajstić information content (AvgIpc) is 3.17. The third-order valence-electron chi connectivity index (χ3n) is 4.96. The predicted molar refractivity (Wildman–Crippen MR) is 87.6 cm³/mol. The molecule has 1 heterocycles. The molecule has 2 aliphatic rings. The first kappa shape index (κ1) is 13.5. The fourth-order valence-corrected chi connectivity index (χ4v) is 4.72. The van der Waals surface area contributed by atoms with Crippen LogP contribution in [0.1, 0.15) is 55.0 Å². The van der Waals surface area contributed by atoms with E-state index in [4.69, 9.17) is 4.98 Å². The molecule has 0 radical (unpaired) electrons. The molecule has 2 fully saturated rings. The van der Waals surface area contributed by atoms with Gasteiger partial charge in [-0.15, -0.1) is 11.3 Å². The van der Waals surface area contributed by atoms with Gasteiger partial charge in [-0.05, 0) is 31.2 Å². The molecule has 21 heavy (non-hydrogen) atoms. The molecule has 0 saturated heterocycles. The standard InChI is InChI=1S/C18H22N2S/c1-2-6-14(7-3-1)16-8-4-5-11-18(16,20-15-9-10-15)17-19-12-13-21-17/h1-3,6-7,12-13,15-16,20H,4-5,8-11H2. The van der Waals surface area contributed by atoms with E-state index in [1.165, 1.54) is 49.1 Å². The lowest BCUT2D eigenvalue weighted by Crippen LogP contribution is -2.50. The van der Waals surface area contributed by atoms with E-state index in [9.17, 15) is 0 Å². The first-order chi connectivity index (χ1) is 10.4. The summed E-state index contributed by atoms with van der Waals surface area (Å²) in [4.78, 5) is 4.72. The number of nitrogens with zero attached hydrogens (tertiary/aromatic N) is 1. The quantitative estimate of drug-likeness (QED) is 0.902. The molecule has 0 amide bonds. The lowest BCUT2D eigenvalue weighted by Gasteiger charge is -2.44. The van der Waals surface area contributed by atoms with Gasteiger partial charge in [0.25, 0.3) is 0 Å². The number of aromatic nitrogens is 1. The van der Waals surface area contributed by atoms with Crippen LogP contribution in [0.25, 0.3) is 0 Å². The summed E-state index contributed by atoms with van der Waals surface area (Å²) in [5, 5.41) is 7.43. The molecule has 2 aliphatic carbocycles. The van der Waals surface area contributed by atoms with Crippen LogP contribution in [0.5, 0.6) is 0 Å². The Bertz CT molecular complexity index is 577. The summed E-state index contributed by atoms with van der Waals surface area (Å²) < 4.78 is 0. The second-order valence-electron chi connectivity index (χ2n) is 6.44. The highest BCUT2D eigenvalue weighted by Gasteiger charge is 2.47. The molecule has 3 heteroatoms. The van der Waals surface area contributed by atoms with Crippen molar-refractivity contribution in [1.29, 1.82) is 0 Å². The molecule has 2 atom stereocenters. The lowest BCUT2D eigenvalue weighted by atomic mass is 9.69. The van der Waals surface area contributed by atoms with Gasteiger partial charge in [0.1, 0.15) is 5.01 Å². The minimum absolute atomic E-state index is 0.0644. The summed E-state index contributed by atoms with van der Waals surface area (Å²) in [5.74, 6) is 0.555. The minimum Gasteiger partial charge on any atom is -0.302 e. The van der Waals surface area contributed by atoms with Crippen LogP contribution >= 0.6 is 11.3 Å². The molecule has 0 aliphatic heterocycles. The number of rotatable bonds is 4. The van der Waals surface area contributed by atoms with Gasteiger partial charge in [-0.2, -0.15) is 0 Å². The van der Waals surface area contributed by atoms with Crippen molar-refractivity contribution in [3.8, 4) is 0 Å². The molecular weight excluding hydrogens is 276 g/mol. The van der Waals surface area contributed by atoms with Crippen LogP contribution in [0.2, 0.25) is 0 Å². The van der Waals surface area contributed by atoms with Gasteiger partial charge in [-0.3, -0.25) is 0 Å². The zero-order chi connectivity index (χ0) is 14.1. The highest BCUT2D eigenvalue weighted by Crippen LogP contribution is 2.49. The van der Waals surface area contributed by atoms with Crippen LogP contribution in [0.3, 0.4) is 0 Å². The summed E-state index contributed by atoms with van der Waals surface area (Å²) in [7, 11) is 0.